The van der Waals surface area contributed by atoms with Crippen molar-refractivity contribution in [2.75, 3.05) is 12.3 Å². The number of hydrogen-bond donors (Lipinski definition) is 0. The predicted octanol–water partition coefficient (Wildman–Crippen LogP) is 3.96. The zero-order valence-corrected chi connectivity index (χ0v) is 15.4. The summed E-state index contributed by atoms with van der Waals surface area (Å²) in [5.41, 5.74) is 1.54. The monoisotopic (exact) mass is 381 g/mol. The van der Waals surface area contributed by atoms with Crippen LogP contribution in [0.25, 0.3) is 0 Å². The van der Waals surface area contributed by atoms with E-state index in [-0.39, 0.29) is 12.4 Å². The Bertz CT molecular complexity index is 781. The lowest BCUT2D eigenvalue weighted by Crippen LogP contribution is -2.38. The highest BCUT2D eigenvalue weighted by molar-refractivity contribution is 8.13. The van der Waals surface area contributed by atoms with E-state index in [1.165, 1.54) is 4.90 Å². The molecule has 0 N–H and O–H groups in total. The Morgan fingerprint density at radius 1 is 1.08 bits per heavy atom. The number of carbonyl (C=O) groups excluding carboxylic acids is 1. The van der Waals surface area contributed by atoms with Gasteiger partial charge < -0.3 is 9.64 Å². The number of halogens is 1. The van der Waals surface area contributed by atoms with Crippen LogP contribution in [-0.4, -0.2) is 31.7 Å². The maximum absolute atomic E-state index is 12.5. The molecular formula is C18H20ClNO4S. The van der Waals surface area contributed by atoms with Gasteiger partial charge in [-0.3, -0.25) is 0 Å². The van der Waals surface area contributed by atoms with E-state index in [2.05, 4.69) is 0 Å². The molecular weight excluding hydrogens is 362 g/mol. The van der Waals surface area contributed by atoms with Crippen molar-refractivity contribution in [2.24, 2.45) is 0 Å². The molecule has 0 saturated carbocycles. The molecule has 2 aromatic rings. The number of nitrogens with zero attached hydrogens (tertiary/aromatic N) is 1. The van der Waals surface area contributed by atoms with E-state index in [1.807, 2.05) is 36.4 Å². The van der Waals surface area contributed by atoms with Crippen molar-refractivity contribution in [1.29, 1.82) is 0 Å². The van der Waals surface area contributed by atoms with Crippen LogP contribution in [0.15, 0.2) is 60.7 Å². The third-order valence-electron chi connectivity index (χ3n) is 3.70. The fourth-order valence-corrected chi connectivity index (χ4v) is 3.62. The van der Waals surface area contributed by atoms with Gasteiger partial charge in [-0.25, -0.2) is 13.2 Å². The highest BCUT2D eigenvalue weighted by Crippen LogP contribution is 2.25. The molecule has 0 spiro atoms. The quantitative estimate of drug-likeness (QED) is 0.681. The Hall–Kier alpha value is -2.05. The van der Waals surface area contributed by atoms with Crippen molar-refractivity contribution < 1.29 is 17.9 Å². The Labute approximate surface area is 152 Å². The van der Waals surface area contributed by atoms with E-state index < -0.39 is 21.2 Å². The van der Waals surface area contributed by atoms with E-state index in [0.29, 0.717) is 12.1 Å². The van der Waals surface area contributed by atoms with Crippen LogP contribution in [0.3, 0.4) is 0 Å². The van der Waals surface area contributed by atoms with Crippen LogP contribution in [0, 0.1) is 0 Å². The molecule has 0 saturated heterocycles. The second-order valence-electron chi connectivity index (χ2n) is 5.46. The fraction of sp³-hybridized carbons (Fsp3) is 0.278. The normalized spacial score (nSPS) is 12.4. The first-order valence-corrected chi connectivity index (χ1v) is 10.3. The first-order valence-electron chi connectivity index (χ1n) is 7.85. The zero-order valence-electron chi connectivity index (χ0n) is 13.8. The molecule has 134 valence electrons. The summed E-state index contributed by atoms with van der Waals surface area (Å²) >= 11 is 0. The smallest absolute Gasteiger partial charge is 0.410 e. The fourth-order valence-electron chi connectivity index (χ4n) is 2.51. The minimum Gasteiger partial charge on any atom is -0.445 e. The minimum absolute atomic E-state index is 0.116. The van der Waals surface area contributed by atoms with Crippen molar-refractivity contribution in [2.45, 2.75) is 19.6 Å². The molecule has 0 aliphatic rings. The highest BCUT2D eigenvalue weighted by atomic mass is 35.7. The van der Waals surface area contributed by atoms with Crippen LogP contribution in [0.5, 0.6) is 0 Å². The summed E-state index contributed by atoms with van der Waals surface area (Å²) in [6.07, 6.45) is -0.583. The Balaban J connectivity index is 2.18. The molecule has 1 atom stereocenters. The molecule has 0 fully saturated rings. The molecule has 0 heterocycles. The number of benzene rings is 2. The molecule has 0 aliphatic heterocycles. The summed E-state index contributed by atoms with van der Waals surface area (Å²) in [6.45, 7) is 2.17. The number of hydrogen-bond acceptors (Lipinski definition) is 4. The topological polar surface area (TPSA) is 63.7 Å². The van der Waals surface area contributed by atoms with Gasteiger partial charge in [-0.1, -0.05) is 60.7 Å². The zero-order chi connectivity index (χ0) is 18.3. The second kappa shape index (κ2) is 8.87. The summed E-state index contributed by atoms with van der Waals surface area (Å²) in [5.74, 6) is -0.382. The van der Waals surface area contributed by atoms with Crippen molar-refractivity contribution in [3.8, 4) is 0 Å². The highest BCUT2D eigenvalue weighted by Gasteiger charge is 2.29. The minimum atomic E-state index is -3.80. The lowest BCUT2D eigenvalue weighted by atomic mass is 10.1. The molecule has 25 heavy (non-hydrogen) atoms. The molecule has 1 unspecified atom stereocenters. The van der Waals surface area contributed by atoms with Gasteiger partial charge in [0, 0.05) is 17.2 Å². The van der Waals surface area contributed by atoms with Crippen LogP contribution in [0.2, 0.25) is 0 Å². The molecule has 2 rings (SSSR count). The molecule has 0 aliphatic carbocycles. The van der Waals surface area contributed by atoms with Gasteiger partial charge in [0.25, 0.3) is 0 Å². The Morgan fingerprint density at radius 3 is 2.16 bits per heavy atom. The number of amides is 1. The molecule has 2 aromatic carbocycles. The standard InChI is InChI=1S/C18H20ClNO4S/c1-2-20(18(21)24-13-15-9-5-3-6-10-15)17(14-25(19,22)23)16-11-7-4-8-12-16/h3-12,17H,2,13-14H2,1H3. The number of ether oxygens (including phenoxy) is 1. The van der Waals surface area contributed by atoms with Gasteiger partial charge in [0.05, 0.1) is 11.8 Å². The van der Waals surface area contributed by atoms with Gasteiger partial charge in [-0.05, 0) is 18.1 Å². The van der Waals surface area contributed by atoms with Crippen LogP contribution in [-0.2, 0) is 20.4 Å². The Morgan fingerprint density at radius 2 is 1.64 bits per heavy atom. The lowest BCUT2D eigenvalue weighted by molar-refractivity contribution is 0.0858. The predicted molar refractivity (Wildman–Crippen MR) is 97.8 cm³/mol. The molecule has 0 aromatic heterocycles. The molecule has 0 radical (unpaired) electrons. The van der Waals surface area contributed by atoms with Crippen molar-refractivity contribution >= 4 is 25.8 Å². The van der Waals surface area contributed by atoms with Gasteiger partial charge in [0.1, 0.15) is 6.61 Å². The summed E-state index contributed by atoms with van der Waals surface area (Å²) in [5, 5.41) is 0. The summed E-state index contributed by atoms with van der Waals surface area (Å²) in [7, 11) is 1.65. The van der Waals surface area contributed by atoms with E-state index >= 15 is 0 Å². The maximum Gasteiger partial charge on any atom is 0.410 e. The average Bonchev–Trinajstić information content (AvgIpc) is 2.60. The van der Waals surface area contributed by atoms with Gasteiger partial charge in [0.15, 0.2) is 0 Å². The second-order valence-corrected chi connectivity index (χ2v) is 8.28. The third-order valence-corrected chi connectivity index (χ3v) is 4.79. The summed E-state index contributed by atoms with van der Waals surface area (Å²) in [6, 6.07) is 17.5. The van der Waals surface area contributed by atoms with Gasteiger partial charge in [0.2, 0.25) is 9.05 Å². The first-order chi connectivity index (χ1) is 11.9. The van der Waals surface area contributed by atoms with E-state index in [4.69, 9.17) is 15.4 Å². The van der Waals surface area contributed by atoms with Gasteiger partial charge in [-0.15, -0.1) is 0 Å². The van der Waals surface area contributed by atoms with Crippen molar-refractivity contribution in [3.05, 3.63) is 71.8 Å². The SMILES string of the molecule is CCN(C(=O)OCc1ccccc1)C(CS(=O)(=O)Cl)c1ccccc1. The Kier molecular flexibility index (Phi) is 6.84. The van der Waals surface area contributed by atoms with Crippen LogP contribution in [0.1, 0.15) is 24.1 Å². The molecule has 5 nitrogen and oxygen atoms in total. The first kappa shape index (κ1) is 19.3. The molecule has 0 bridgehead atoms. The summed E-state index contributed by atoms with van der Waals surface area (Å²) in [4.78, 5) is 13.9. The maximum atomic E-state index is 12.5. The van der Waals surface area contributed by atoms with E-state index in [0.717, 1.165) is 5.56 Å². The van der Waals surface area contributed by atoms with E-state index in [9.17, 15) is 13.2 Å². The van der Waals surface area contributed by atoms with Crippen LogP contribution >= 0.6 is 10.7 Å². The van der Waals surface area contributed by atoms with Crippen LogP contribution in [0.4, 0.5) is 4.79 Å². The van der Waals surface area contributed by atoms with Gasteiger partial charge in [-0.2, -0.15) is 0 Å². The summed E-state index contributed by atoms with van der Waals surface area (Å²) < 4.78 is 28.6. The van der Waals surface area contributed by atoms with E-state index in [1.54, 1.807) is 31.2 Å². The van der Waals surface area contributed by atoms with Gasteiger partial charge >= 0.3 is 6.09 Å². The number of carbonyl (C=O) groups is 1. The van der Waals surface area contributed by atoms with Crippen molar-refractivity contribution in [3.63, 3.8) is 0 Å². The van der Waals surface area contributed by atoms with Crippen molar-refractivity contribution in [1.82, 2.24) is 4.90 Å². The molecule has 7 heteroatoms. The largest absolute Gasteiger partial charge is 0.445 e. The van der Waals surface area contributed by atoms with Crippen LogP contribution < -0.4 is 0 Å². The lowest BCUT2D eigenvalue weighted by Gasteiger charge is -2.29. The average molecular weight is 382 g/mol. The third kappa shape index (κ3) is 6.07. The molecule has 1 amide bonds. The number of rotatable bonds is 7.